The molecule has 0 saturated carbocycles. The van der Waals surface area contributed by atoms with Crippen molar-refractivity contribution in [3.8, 4) is 0 Å². The monoisotopic (exact) mass is 228 g/mol. The number of amides is 2. The SMILES string of the molecule is C[C@H](NC(=O)OC(C)(C)C)[C@H]1CNC(=O)C1. The molecular formula is C11H20N2O3. The summed E-state index contributed by atoms with van der Waals surface area (Å²) in [6, 6.07) is -0.0613. The molecule has 1 aliphatic heterocycles. The molecule has 1 aliphatic rings. The summed E-state index contributed by atoms with van der Waals surface area (Å²) in [5.74, 6) is 0.197. The summed E-state index contributed by atoms with van der Waals surface area (Å²) in [5.41, 5.74) is -0.493. The van der Waals surface area contributed by atoms with Crippen LogP contribution in [0.5, 0.6) is 0 Å². The van der Waals surface area contributed by atoms with E-state index < -0.39 is 11.7 Å². The third kappa shape index (κ3) is 4.08. The van der Waals surface area contributed by atoms with Crippen LogP contribution in [0.15, 0.2) is 0 Å². The zero-order chi connectivity index (χ0) is 12.3. The lowest BCUT2D eigenvalue weighted by Gasteiger charge is -2.23. The fourth-order valence-corrected chi connectivity index (χ4v) is 1.59. The molecule has 0 spiro atoms. The average molecular weight is 228 g/mol. The molecule has 2 N–H and O–H groups in total. The van der Waals surface area contributed by atoms with Crippen LogP contribution in [0.3, 0.4) is 0 Å². The minimum absolute atomic E-state index is 0.0443. The van der Waals surface area contributed by atoms with Crippen LogP contribution in [0, 0.1) is 5.92 Å². The van der Waals surface area contributed by atoms with Gasteiger partial charge in [0.1, 0.15) is 5.60 Å². The number of hydrogen-bond donors (Lipinski definition) is 2. The Balaban J connectivity index is 2.36. The molecule has 0 unspecified atom stereocenters. The Labute approximate surface area is 95.9 Å². The van der Waals surface area contributed by atoms with Gasteiger partial charge in [-0.1, -0.05) is 0 Å². The summed E-state index contributed by atoms with van der Waals surface area (Å²) in [4.78, 5) is 22.5. The van der Waals surface area contributed by atoms with Crippen LogP contribution < -0.4 is 10.6 Å². The number of nitrogens with one attached hydrogen (secondary N) is 2. The summed E-state index contributed by atoms with van der Waals surface area (Å²) < 4.78 is 5.14. The highest BCUT2D eigenvalue weighted by atomic mass is 16.6. The normalized spacial score (nSPS) is 22.5. The van der Waals surface area contributed by atoms with Gasteiger partial charge in [0, 0.05) is 24.9 Å². The zero-order valence-corrected chi connectivity index (χ0v) is 10.3. The largest absolute Gasteiger partial charge is 0.444 e. The van der Waals surface area contributed by atoms with Gasteiger partial charge in [-0.05, 0) is 27.7 Å². The summed E-state index contributed by atoms with van der Waals surface area (Å²) in [5, 5.41) is 5.49. The van der Waals surface area contributed by atoms with E-state index in [-0.39, 0.29) is 17.9 Å². The second-order valence-electron chi connectivity index (χ2n) is 5.20. The van der Waals surface area contributed by atoms with Gasteiger partial charge in [-0.2, -0.15) is 0 Å². The van der Waals surface area contributed by atoms with Crippen molar-refractivity contribution < 1.29 is 14.3 Å². The molecule has 1 fully saturated rings. The summed E-state index contributed by atoms with van der Waals surface area (Å²) in [6.07, 6.45) is 0.0381. The van der Waals surface area contributed by atoms with Crippen LogP contribution in [-0.4, -0.2) is 30.2 Å². The van der Waals surface area contributed by atoms with Crippen molar-refractivity contribution >= 4 is 12.0 Å². The van der Waals surface area contributed by atoms with Gasteiger partial charge < -0.3 is 15.4 Å². The van der Waals surface area contributed by atoms with Crippen LogP contribution in [0.2, 0.25) is 0 Å². The minimum Gasteiger partial charge on any atom is -0.444 e. The van der Waals surface area contributed by atoms with Crippen molar-refractivity contribution in [1.29, 1.82) is 0 Å². The van der Waals surface area contributed by atoms with E-state index >= 15 is 0 Å². The molecule has 1 saturated heterocycles. The Bertz CT molecular complexity index is 283. The second-order valence-corrected chi connectivity index (χ2v) is 5.20. The fourth-order valence-electron chi connectivity index (χ4n) is 1.59. The van der Waals surface area contributed by atoms with Gasteiger partial charge in [0.25, 0.3) is 0 Å². The maximum absolute atomic E-state index is 11.5. The summed E-state index contributed by atoms with van der Waals surface area (Å²) >= 11 is 0. The second kappa shape index (κ2) is 4.72. The molecule has 1 rings (SSSR count). The predicted octanol–water partition coefficient (Wildman–Crippen LogP) is 1.04. The first kappa shape index (κ1) is 12.8. The summed E-state index contributed by atoms with van der Waals surface area (Å²) in [6.45, 7) is 7.96. The van der Waals surface area contributed by atoms with Crippen molar-refractivity contribution in [1.82, 2.24) is 10.6 Å². The number of carbonyl (C=O) groups excluding carboxylic acids is 2. The van der Waals surface area contributed by atoms with Crippen LogP contribution in [-0.2, 0) is 9.53 Å². The van der Waals surface area contributed by atoms with E-state index in [9.17, 15) is 9.59 Å². The highest BCUT2D eigenvalue weighted by Gasteiger charge is 2.28. The fraction of sp³-hybridized carbons (Fsp3) is 0.818. The maximum atomic E-state index is 11.5. The molecule has 0 aromatic heterocycles. The van der Waals surface area contributed by atoms with Gasteiger partial charge in [0.05, 0.1) is 0 Å². The molecule has 5 heteroatoms. The zero-order valence-electron chi connectivity index (χ0n) is 10.3. The average Bonchev–Trinajstić information content (AvgIpc) is 2.47. The van der Waals surface area contributed by atoms with E-state index in [0.717, 1.165) is 0 Å². The Morgan fingerprint density at radius 3 is 2.62 bits per heavy atom. The lowest BCUT2D eigenvalue weighted by atomic mass is 10.0. The molecule has 0 bridgehead atoms. The van der Waals surface area contributed by atoms with E-state index in [4.69, 9.17) is 4.74 Å². The number of ether oxygens (including phenoxy) is 1. The van der Waals surface area contributed by atoms with Crippen molar-refractivity contribution in [3.05, 3.63) is 0 Å². The lowest BCUT2D eigenvalue weighted by molar-refractivity contribution is -0.119. The Morgan fingerprint density at radius 2 is 2.19 bits per heavy atom. The molecule has 0 radical (unpaired) electrons. The molecule has 16 heavy (non-hydrogen) atoms. The van der Waals surface area contributed by atoms with Crippen molar-refractivity contribution in [3.63, 3.8) is 0 Å². The maximum Gasteiger partial charge on any atom is 0.407 e. The van der Waals surface area contributed by atoms with E-state index in [1.54, 1.807) is 0 Å². The third-order valence-corrected chi connectivity index (χ3v) is 2.46. The number of hydrogen-bond acceptors (Lipinski definition) is 3. The quantitative estimate of drug-likeness (QED) is 0.742. The number of rotatable bonds is 2. The molecule has 0 aromatic rings. The topological polar surface area (TPSA) is 67.4 Å². The smallest absolute Gasteiger partial charge is 0.407 e. The van der Waals surface area contributed by atoms with Gasteiger partial charge in [-0.25, -0.2) is 4.79 Å². The van der Waals surface area contributed by atoms with E-state index in [1.165, 1.54) is 0 Å². The van der Waals surface area contributed by atoms with E-state index in [2.05, 4.69) is 10.6 Å². The summed E-state index contributed by atoms with van der Waals surface area (Å²) in [7, 11) is 0. The molecule has 0 aromatic carbocycles. The van der Waals surface area contributed by atoms with Crippen LogP contribution in [0.4, 0.5) is 4.79 Å². The lowest BCUT2D eigenvalue weighted by Crippen LogP contribution is -2.41. The molecule has 2 atom stereocenters. The van der Waals surface area contributed by atoms with Crippen molar-refractivity contribution in [2.24, 2.45) is 5.92 Å². The molecular weight excluding hydrogens is 208 g/mol. The predicted molar refractivity (Wildman–Crippen MR) is 59.9 cm³/mol. The van der Waals surface area contributed by atoms with E-state index in [1.807, 2.05) is 27.7 Å². The van der Waals surface area contributed by atoms with Gasteiger partial charge in [-0.3, -0.25) is 4.79 Å². The third-order valence-electron chi connectivity index (χ3n) is 2.46. The van der Waals surface area contributed by atoms with Crippen LogP contribution >= 0.6 is 0 Å². The van der Waals surface area contributed by atoms with Crippen LogP contribution in [0.25, 0.3) is 0 Å². The molecule has 0 aliphatic carbocycles. The number of carbonyl (C=O) groups is 2. The minimum atomic E-state index is -0.493. The van der Waals surface area contributed by atoms with Crippen molar-refractivity contribution in [2.75, 3.05) is 6.54 Å². The van der Waals surface area contributed by atoms with Gasteiger partial charge in [-0.15, -0.1) is 0 Å². The molecule has 1 heterocycles. The van der Waals surface area contributed by atoms with Gasteiger partial charge >= 0.3 is 6.09 Å². The highest BCUT2D eigenvalue weighted by Crippen LogP contribution is 2.14. The van der Waals surface area contributed by atoms with Crippen LogP contribution in [0.1, 0.15) is 34.1 Å². The molecule has 2 amide bonds. The first-order valence-electron chi connectivity index (χ1n) is 5.54. The first-order valence-corrected chi connectivity index (χ1v) is 5.54. The number of alkyl carbamates (subject to hydrolysis) is 1. The first-order chi connectivity index (χ1) is 7.28. The van der Waals surface area contributed by atoms with Gasteiger partial charge in [0.2, 0.25) is 5.91 Å². The highest BCUT2D eigenvalue weighted by molar-refractivity contribution is 5.78. The standard InChI is InChI=1S/C11H20N2O3/c1-7(8-5-9(14)12-6-8)13-10(15)16-11(2,3)4/h7-8H,5-6H2,1-4H3,(H,12,14)(H,13,15)/t7-,8+/m0/s1. The Morgan fingerprint density at radius 1 is 1.56 bits per heavy atom. The van der Waals surface area contributed by atoms with E-state index in [0.29, 0.717) is 13.0 Å². The molecule has 5 nitrogen and oxygen atoms in total. The van der Waals surface area contributed by atoms with Gasteiger partial charge in [0.15, 0.2) is 0 Å². The van der Waals surface area contributed by atoms with Crippen molar-refractivity contribution in [2.45, 2.75) is 45.8 Å². The Kier molecular flexibility index (Phi) is 3.78. The molecule has 92 valence electrons. The Hall–Kier alpha value is -1.26.